The molecule has 0 aromatic heterocycles. The second-order valence-corrected chi connectivity index (χ2v) is 5.90. The number of hydrogen-bond donors (Lipinski definition) is 0. The summed E-state index contributed by atoms with van der Waals surface area (Å²) in [7, 11) is 13.1. The first-order valence-electron chi connectivity index (χ1n) is 6.19. The molecule has 16 heavy (non-hydrogen) atoms. The van der Waals surface area contributed by atoms with Gasteiger partial charge in [0.1, 0.15) is 6.54 Å². The van der Waals surface area contributed by atoms with Crippen LogP contribution in [0.2, 0.25) is 0 Å². The van der Waals surface area contributed by atoms with E-state index in [2.05, 4.69) is 57.0 Å². The molecule has 1 rings (SSSR count). The summed E-state index contributed by atoms with van der Waals surface area (Å²) in [5.41, 5.74) is 0. The fraction of sp³-hybridized carbons (Fsp3) is 1.00. The van der Waals surface area contributed by atoms with Gasteiger partial charge in [-0.3, -0.25) is 9.38 Å². The van der Waals surface area contributed by atoms with Gasteiger partial charge < -0.3 is 9.80 Å². The van der Waals surface area contributed by atoms with Crippen LogP contribution >= 0.6 is 0 Å². The van der Waals surface area contributed by atoms with Crippen LogP contribution in [0.1, 0.15) is 0 Å². The predicted octanol–water partition coefficient (Wildman–Crippen LogP) is -0.172. The summed E-state index contributed by atoms with van der Waals surface area (Å²) >= 11 is 0. The zero-order chi connectivity index (χ0) is 12.3. The maximum atomic E-state index is 2.38. The maximum Gasteiger partial charge on any atom is 0.195 e. The summed E-state index contributed by atoms with van der Waals surface area (Å²) in [4.78, 5) is 6.96. The Balaban J connectivity index is 2.45. The van der Waals surface area contributed by atoms with Gasteiger partial charge in [-0.15, -0.1) is 0 Å². The van der Waals surface area contributed by atoms with E-state index < -0.39 is 0 Å². The van der Waals surface area contributed by atoms with E-state index in [0.29, 0.717) is 0 Å². The van der Waals surface area contributed by atoms with E-state index in [0.717, 1.165) is 6.17 Å². The van der Waals surface area contributed by atoms with E-state index in [-0.39, 0.29) is 0 Å². The van der Waals surface area contributed by atoms with Crippen molar-refractivity contribution in [3.05, 3.63) is 0 Å². The molecule has 1 atom stereocenters. The van der Waals surface area contributed by atoms with Crippen molar-refractivity contribution >= 4 is 0 Å². The Morgan fingerprint density at radius 1 is 0.875 bits per heavy atom. The SMILES string of the molecule is CN(C)CC[N+]1(CCN(C)C)CC1N(C)C. The first-order valence-corrected chi connectivity index (χ1v) is 6.19. The summed E-state index contributed by atoms with van der Waals surface area (Å²) in [5, 5.41) is 0. The Morgan fingerprint density at radius 3 is 1.56 bits per heavy atom. The highest BCUT2D eigenvalue weighted by molar-refractivity contribution is 4.73. The highest BCUT2D eigenvalue weighted by atomic mass is 15.6. The minimum Gasteiger partial charge on any atom is -0.304 e. The molecule has 0 spiro atoms. The van der Waals surface area contributed by atoms with Crippen molar-refractivity contribution < 1.29 is 4.48 Å². The molecule has 0 radical (unpaired) electrons. The van der Waals surface area contributed by atoms with Gasteiger partial charge in [0.2, 0.25) is 0 Å². The average molecular weight is 229 g/mol. The minimum atomic E-state index is 0.750. The molecule has 0 N–H and O–H groups in total. The second kappa shape index (κ2) is 5.45. The molecule has 1 unspecified atom stereocenters. The molecule has 4 nitrogen and oxygen atoms in total. The van der Waals surface area contributed by atoms with Gasteiger partial charge in [0, 0.05) is 13.1 Å². The molecule has 1 fully saturated rings. The molecule has 1 aliphatic heterocycles. The van der Waals surface area contributed by atoms with Crippen LogP contribution in [0, 0.1) is 0 Å². The molecule has 0 bridgehead atoms. The molecule has 0 amide bonds. The number of likely N-dealkylation sites (N-methyl/N-ethyl adjacent to an activating group) is 3. The Hall–Kier alpha value is -0.160. The molecule has 4 heteroatoms. The monoisotopic (exact) mass is 229 g/mol. The molecule has 1 saturated heterocycles. The van der Waals surface area contributed by atoms with Crippen molar-refractivity contribution in [2.24, 2.45) is 0 Å². The second-order valence-electron chi connectivity index (χ2n) is 5.90. The molecule has 1 aliphatic rings. The van der Waals surface area contributed by atoms with Gasteiger partial charge >= 0.3 is 0 Å². The van der Waals surface area contributed by atoms with Gasteiger partial charge in [-0.05, 0) is 42.3 Å². The van der Waals surface area contributed by atoms with Crippen LogP contribution < -0.4 is 0 Å². The third kappa shape index (κ3) is 3.70. The van der Waals surface area contributed by atoms with Crippen molar-refractivity contribution in [2.75, 3.05) is 75.0 Å². The molecule has 0 aromatic rings. The van der Waals surface area contributed by atoms with Gasteiger partial charge in [-0.1, -0.05) is 0 Å². The smallest absolute Gasteiger partial charge is 0.195 e. The lowest BCUT2D eigenvalue weighted by molar-refractivity contribution is -0.820. The first kappa shape index (κ1) is 13.9. The zero-order valence-corrected chi connectivity index (χ0v) is 11.9. The average Bonchev–Trinajstić information content (AvgIpc) is 2.87. The molecule has 0 aliphatic carbocycles. The Morgan fingerprint density at radius 2 is 1.31 bits per heavy atom. The lowest BCUT2D eigenvalue weighted by Gasteiger charge is -2.25. The first-order chi connectivity index (χ1) is 7.37. The number of rotatable bonds is 7. The molecule has 96 valence electrons. The minimum absolute atomic E-state index is 0.750. The van der Waals surface area contributed by atoms with Crippen molar-refractivity contribution in [1.82, 2.24) is 14.7 Å². The molecule has 0 aromatic carbocycles. The largest absolute Gasteiger partial charge is 0.304 e. The van der Waals surface area contributed by atoms with Gasteiger partial charge in [0.25, 0.3) is 0 Å². The molecule has 0 saturated carbocycles. The third-order valence-electron chi connectivity index (χ3n) is 3.61. The van der Waals surface area contributed by atoms with Crippen LogP contribution in [0.4, 0.5) is 0 Å². The van der Waals surface area contributed by atoms with Crippen molar-refractivity contribution in [3.63, 3.8) is 0 Å². The fourth-order valence-corrected chi connectivity index (χ4v) is 2.32. The lowest BCUT2D eigenvalue weighted by atomic mass is 10.4. The summed E-state index contributed by atoms with van der Waals surface area (Å²) in [6.45, 7) is 6.28. The quantitative estimate of drug-likeness (QED) is 0.443. The van der Waals surface area contributed by atoms with Crippen LogP contribution in [0.25, 0.3) is 0 Å². The van der Waals surface area contributed by atoms with E-state index >= 15 is 0 Å². The zero-order valence-electron chi connectivity index (χ0n) is 11.9. The maximum absolute atomic E-state index is 2.38. The van der Waals surface area contributed by atoms with E-state index in [9.17, 15) is 0 Å². The van der Waals surface area contributed by atoms with Gasteiger partial charge in [0.05, 0.1) is 13.1 Å². The Labute approximate surface area is 101 Å². The Bertz CT molecular complexity index is 201. The topological polar surface area (TPSA) is 9.72 Å². The summed E-state index contributed by atoms with van der Waals surface area (Å²) in [6.07, 6.45) is 0.750. The molecular weight excluding hydrogens is 200 g/mol. The van der Waals surface area contributed by atoms with Crippen LogP contribution in [-0.4, -0.2) is 100 Å². The normalized spacial score (nSPS) is 23.4. The number of quaternary nitrogens is 1. The molecular formula is C12H29N4+. The van der Waals surface area contributed by atoms with E-state index in [1.807, 2.05) is 0 Å². The van der Waals surface area contributed by atoms with E-state index in [4.69, 9.17) is 0 Å². The fourth-order valence-electron chi connectivity index (χ4n) is 2.32. The highest BCUT2D eigenvalue weighted by Gasteiger charge is 2.55. The third-order valence-corrected chi connectivity index (χ3v) is 3.61. The van der Waals surface area contributed by atoms with E-state index in [1.54, 1.807) is 0 Å². The van der Waals surface area contributed by atoms with Crippen LogP contribution in [0.5, 0.6) is 0 Å². The van der Waals surface area contributed by atoms with Crippen LogP contribution in [-0.2, 0) is 0 Å². The summed E-state index contributed by atoms with van der Waals surface area (Å²) in [6, 6.07) is 0. The highest BCUT2D eigenvalue weighted by Crippen LogP contribution is 2.31. The van der Waals surface area contributed by atoms with Crippen molar-refractivity contribution in [2.45, 2.75) is 6.17 Å². The summed E-state index contributed by atoms with van der Waals surface area (Å²) < 4.78 is 1.28. The lowest BCUT2D eigenvalue weighted by Crippen LogP contribution is -2.43. The van der Waals surface area contributed by atoms with Gasteiger partial charge in [-0.25, -0.2) is 0 Å². The van der Waals surface area contributed by atoms with Gasteiger partial charge in [0.15, 0.2) is 6.17 Å². The molecule has 1 heterocycles. The van der Waals surface area contributed by atoms with Crippen molar-refractivity contribution in [1.29, 1.82) is 0 Å². The summed E-state index contributed by atoms with van der Waals surface area (Å²) in [5.74, 6) is 0. The van der Waals surface area contributed by atoms with E-state index in [1.165, 1.54) is 37.2 Å². The standard InChI is InChI=1S/C12H29N4/c1-13(2)7-9-16(10-8-14(3)4)11-12(16)15(5)6/h12H,7-11H2,1-6H3/q+1. The number of hydrogen-bond acceptors (Lipinski definition) is 3. The van der Waals surface area contributed by atoms with Crippen molar-refractivity contribution in [3.8, 4) is 0 Å². The number of nitrogens with zero attached hydrogens (tertiary/aromatic N) is 4. The Kier molecular flexibility index (Phi) is 4.73. The van der Waals surface area contributed by atoms with Crippen LogP contribution in [0.15, 0.2) is 0 Å². The van der Waals surface area contributed by atoms with Crippen LogP contribution in [0.3, 0.4) is 0 Å². The van der Waals surface area contributed by atoms with Gasteiger partial charge in [-0.2, -0.15) is 0 Å². The predicted molar refractivity (Wildman–Crippen MR) is 69.4 cm³/mol.